The Bertz CT molecular complexity index is 491. The molecule has 3 fully saturated rings. The van der Waals surface area contributed by atoms with E-state index in [1.165, 1.54) is 12.1 Å². The molecule has 0 amide bonds. The monoisotopic (exact) mass is 523 g/mol. The predicted molar refractivity (Wildman–Crippen MR) is 145 cm³/mol. The van der Waals surface area contributed by atoms with Crippen molar-refractivity contribution in [3.05, 3.63) is 0 Å². The summed E-state index contributed by atoms with van der Waals surface area (Å²) >= 11 is -0.574. The average Bonchev–Trinajstić information content (AvgIpc) is 2.93. The molecule has 3 rings (SSSR count). The van der Waals surface area contributed by atoms with Crippen LogP contribution >= 0.6 is 0 Å². The number of rotatable bonds is 3. The molecule has 7 heteroatoms. The van der Waals surface area contributed by atoms with Gasteiger partial charge in [-0.1, -0.05) is 0 Å². The Balaban J connectivity index is 2.24. The SMILES string of the molecule is C[Si]1(C)CC[Si](C)(C)[CH]1[Cr]([CH]1[Si](C)(C)CC[Si]1(C)C)[CH]1[Si](C)(C)CC[Si]1(C)C. The zero-order valence-electron chi connectivity index (χ0n) is 21.4. The van der Waals surface area contributed by atoms with Crippen LogP contribution < -0.4 is 0 Å². The molecule has 3 heterocycles. The molecule has 0 spiro atoms. The van der Waals surface area contributed by atoms with Gasteiger partial charge in [0.25, 0.3) is 0 Å². The topological polar surface area (TPSA) is 0 Å². The minimum absolute atomic E-state index is 0.574. The van der Waals surface area contributed by atoms with Crippen LogP contribution in [0.15, 0.2) is 0 Å². The third-order valence-corrected chi connectivity index (χ3v) is 69.8. The van der Waals surface area contributed by atoms with Gasteiger partial charge in [-0.2, -0.15) is 0 Å². The van der Waals surface area contributed by atoms with Crippen molar-refractivity contribution in [2.45, 2.75) is 127 Å². The second-order valence-electron chi connectivity index (χ2n) is 15.0. The molecule has 3 aliphatic rings. The molecule has 0 bridgehead atoms. The molecular weight excluding hydrogens is 473 g/mol. The molecule has 3 saturated heterocycles. The number of hydrogen-bond donors (Lipinski definition) is 0. The van der Waals surface area contributed by atoms with Crippen LogP contribution in [0.25, 0.3) is 0 Å². The molecular formula is C21H51CrSi6. The van der Waals surface area contributed by atoms with Gasteiger partial charge in [0.05, 0.1) is 0 Å². The second-order valence-corrected chi connectivity index (χ2v) is 54.6. The van der Waals surface area contributed by atoms with Crippen LogP contribution in [0, 0.1) is 0 Å². The molecule has 0 aromatic heterocycles. The zero-order chi connectivity index (χ0) is 21.6. The predicted octanol–water partition coefficient (Wildman–Crippen LogP) is 8.50. The first-order valence-electron chi connectivity index (χ1n) is 12.1. The van der Waals surface area contributed by atoms with Crippen LogP contribution in [0.3, 0.4) is 0 Å². The summed E-state index contributed by atoms with van der Waals surface area (Å²) in [5.41, 5.74) is 0. The van der Waals surface area contributed by atoms with Crippen LogP contribution in [-0.2, 0) is 14.1 Å². The van der Waals surface area contributed by atoms with Gasteiger partial charge in [-0.05, 0) is 0 Å². The van der Waals surface area contributed by atoms with E-state index in [2.05, 4.69) is 78.6 Å². The third-order valence-electron chi connectivity index (χ3n) is 9.32. The molecule has 0 N–H and O–H groups in total. The van der Waals surface area contributed by atoms with E-state index in [9.17, 15) is 0 Å². The Hall–Kier alpha value is 1.83. The fourth-order valence-electron chi connectivity index (χ4n) is 8.51. The van der Waals surface area contributed by atoms with Gasteiger partial charge in [-0.25, -0.2) is 0 Å². The van der Waals surface area contributed by atoms with E-state index in [4.69, 9.17) is 0 Å². The molecule has 28 heavy (non-hydrogen) atoms. The summed E-state index contributed by atoms with van der Waals surface area (Å²) in [6, 6.07) is 10.2. The minimum atomic E-state index is -1.05. The Morgan fingerprint density at radius 2 is 0.500 bits per heavy atom. The van der Waals surface area contributed by atoms with Gasteiger partial charge >= 0.3 is 189 Å². The van der Waals surface area contributed by atoms with Crippen molar-refractivity contribution < 1.29 is 14.1 Å². The van der Waals surface area contributed by atoms with Crippen molar-refractivity contribution in [2.75, 3.05) is 0 Å². The van der Waals surface area contributed by atoms with Crippen molar-refractivity contribution in [1.82, 2.24) is 0 Å². The zero-order valence-corrected chi connectivity index (χ0v) is 28.7. The van der Waals surface area contributed by atoms with Crippen molar-refractivity contribution in [3.63, 3.8) is 0 Å². The Morgan fingerprint density at radius 3 is 0.643 bits per heavy atom. The van der Waals surface area contributed by atoms with Crippen molar-refractivity contribution >= 4 is 48.4 Å². The summed E-state index contributed by atoms with van der Waals surface area (Å²) in [4.78, 5) is 0. The molecule has 0 unspecified atom stereocenters. The van der Waals surface area contributed by atoms with E-state index in [1.54, 1.807) is 36.3 Å². The Labute approximate surface area is 188 Å². The molecule has 165 valence electrons. The summed E-state index contributed by atoms with van der Waals surface area (Å²) in [7, 11) is -6.28. The third kappa shape index (κ3) is 3.99. The summed E-state index contributed by atoms with van der Waals surface area (Å²) in [6.45, 7) is 34.6. The standard InChI is InChI=1S/3C7H17Si2.Cr/c3*1-8(2)5-6-9(3,4)7-8;/h3*7H,5-6H2,1-4H3;. The van der Waals surface area contributed by atoms with Gasteiger partial charge in [0, 0.05) is 0 Å². The van der Waals surface area contributed by atoms with Gasteiger partial charge in [0.15, 0.2) is 0 Å². The Kier molecular flexibility index (Phi) is 6.26. The first kappa shape index (κ1) is 24.5. The molecule has 3 aliphatic heterocycles. The maximum absolute atomic E-state index is 2.88. The molecule has 0 saturated carbocycles. The molecule has 0 atom stereocenters. The van der Waals surface area contributed by atoms with Crippen LogP contribution in [0.5, 0.6) is 0 Å². The van der Waals surface area contributed by atoms with Crippen molar-refractivity contribution in [3.8, 4) is 0 Å². The summed E-state index contributed by atoms with van der Waals surface area (Å²) in [5, 5.41) is 0. The maximum atomic E-state index is 2.88. The van der Waals surface area contributed by atoms with Gasteiger partial charge in [-0.3, -0.25) is 0 Å². The number of hydrogen-bond acceptors (Lipinski definition) is 0. The van der Waals surface area contributed by atoms with Gasteiger partial charge < -0.3 is 0 Å². The van der Waals surface area contributed by atoms with E-state index in [0.717, 1.165) is 0 Å². The van der Waals surface area contributed by atoms with Crippen molar-refractivity contribution in [2.24, 2.45) is 0 Å². The van der Waals surface area contributed by atoms with E-state index >= 15 is 0 Å². The Morgan fingerprint density at radius 1 is 0.357 bits per heavy atom. The molecule has 0 aromatic rings. The van der Waals surface area contributed by atoms with Gasteiger partial charge in [0.2, 0.25) is 0 Å². The second kappa shape index (κ2) is 7.17. The fraction of sp³-hybridized carbons (Fsp3) is 1.00. The van der Waals surface area contributed by atoms with Crippen LogP contribution in [0.1, 0.15) is 0 Å². The molecule has 0 aliphatic carbocycles. The summed E-state index contributed by atoms with van der Waals surface area (Å²) in [5.74, 6) is 0. The average molecular weight is 524 g/mol. The molecule has 0 nitrogen and oxygen atoms in total. The summed E-state index contributed by atoms with van der Waals surface area (Å²) in [6.07, 6.45) is 0. The quantitative estimate of drug-likeness (QED) is 0.325. The van der Waals surface area contributed by atoms with Crippen molar-refractivity contribution in [1.29, 1.82) is 0 Å². The van der Waals surface area contributed by atoms with Crippen LogP contribution in [-0.4, -0.2) is 48.4 Å². The normalized spacial score (nSPS) is 33.8. The van der Waals surface area contributed by atoms with E-state index in [-0.39, 0.29) is 0 Å². The summed E-state index contributed by atoms with van der Waals surface area (Å²) < 4.78 is 4.09. The van der Waals surface area contributed by atoms with Crippen LogP contribution in [0.4, 0.5) is 0 Å². The van der Waals surface area contributed by atoms with E-state index < -0.39 is 62.6 Å². The van der Waals surface area contributed by atoms with E-state index in [1.807, 2.05) is 0 Å². The fourth-order valence-corrected chi connectivity index (χ4v) is 96.7. The molecule has 0 radical (unpaired) electrons. The molecule has 0 aromatic carbocycles. The van der Waals surface area contributed by atoms with Gasteiger partial charge in [0.1, 0.15) is 0 Å². The first-order valence-corrected chi connectivity index (χ1v) is 34.0. The van der Waals surface area contributed by atoms with E-state index in [0.29, 0.717) is 0 Å². The van der Waals surface area contributed by atoms with Gasteiger partial charge in [-0.15, -0.1) is 0 Å². The van der Waals surface area contributed by atoms with Crippen LogP contribution in [0.2, 0.25) is 127 Å². The first-order chi connectivity index (χ1) is 12.4.